The molecule has 136 valence electrons. The number of thiazole rings is 1. The van der Waals surface area contributed by atoms with Crippen molar-refractivity contribution in [2.24, 2.45) is 0 Å². The number of aromatic amines is 1. The molecule has 0 spiro atoms. The average Bonchev–Trinajstić information content (AvgIpc) is 3.32. The van der Waals surface area contributed by atoms with Crippen LogP contribution in [0.2, 0.25) is 0 Å². The first-order valence-electron chi connectivity index (χ1n) is 9.45. The summed E-state index contributed by atoms with van der Waals surface area (Å²) in [7, 11) is 0. The number of likely N-dealkylation sites (tertiary alicyclic amines) is 1. The molecule has 0 saturated carbocycles. The number of carbonyl (C=O) groups excluding carboxylic acids is 1. The minimum absolute atomic E-state index is 0.192. The van der Waals surface area contributed by atoms with E-state index in [1.807, 2.05) is 36.5 Å². The van der Waals surface area contributed by atoms with Crippen molar-refractivity contribution in [3.05, 3.63) is 65.3 Å². The van der Waals surface area contributed by atoms with Crippen LogP contribution in [0.15, 0.2) is 54.7 Å². The van der Waals surface area contributed by atoms with E-state index in [0.717, 1.165) is 47.9 Å². The summed E-state index contributed by atoms with van der Waals surface area (Å²) in [6.45, 7) is 2.37. The molecule has 1 aliphatic rings. The maximum Gasteiger partial charge on any atom is 0.178 e. The molecule has 3 heterocycles. The normalized spacial score (nSPS) is 18.3. The van der Waals surface area contributed by atoms with Gasteiger partial charge in [0.05, 0.1) is 21.8 Å². The molecule has 1 N–H and O–H groups in total. The molecule has 4 aromatic rings. The molecule has 0 radical (unpaired) electrons. The zero-order chi connectivity index (χ0) is 18.2. The Balaban J connectivity index is 1.33. The summed E-state index contributed by atoms with van der Waals surface area (Å²) in [5.41, 5.74) is 2.91. The summed E-state index contributed by atoms with van der Waals surface area (Å²) in [5, 5.41) is 2.22. The zero-order valence-electron chi connectivity index (χ0n) is 15.0. The highest BCUT2D eigenvalue weighted by atomic mass is 32.1. The molecule has 5 heteroatoms. The number of nitrogens with one attached hydrogen (secondary N) is 1. The van der Waals surface area contributed by atoms with Crippen molar-refractivity contribution in [1.82, 2.24) is 14.9 Å². The van der Waals surface area contributed by atoms with E-state index in [-0.39, 0.29) is 5.78 Å². The molecule has 27 heavy (non-hydrogen) atoms. The van der Waals surface area contributed by atoms with Crippen LogP contribution in [0.3, 0.4) is 0 Å². The number of hydrogen-bond donors (Lipinski definition) is 1. The molecule has 1 atom stereocenters. The number of carbonyl (C=O) groups is 1. The van der Waals surface area contributed by atoms with Crippen molar-refractivity contribution < 1.29 is 4.79 Å². The van der Waals surface area contributed by atoms with E-state index in [2.05, 4.69) is 28.1 Å². The first-order valence-corrected chi connectivity index (χ1v) is 10.3. The summed E-state index contributed by atoms with van der Waals surface area (Å²) in [6.07, 6.45) is 4.11. The van der Waals surface area contributed by atoms with Gasteiger partial charge < -0.3 is 4.98 Å². The van der Waals surface area contributed by atoms with Crippen molar-refractivity contribution in [3.63, 3.8) is 0 Å². The van der Waals surface area contributed by atoms with Gasteiger partial charge in [0, 0.05) is 35.1 Å². The predicted molar refractivity (Wildman–Crippen MR) is 111 cm³/mol. The molecule has 1 saturated heterocycles. The molecule has 4 nitrogen and oxygen atoms in total. The Labute approximate surface area is 161 Å². The van der Waals surface area contributed by atoms with Gasteiger partial charge in [-0.1, -0.05) is 30.3 Å². The Bertz CT molecular complexity index is 1080. The van der Waals surface area contributed by atoms with E-state index in [1.54, 1.807) is 11.3 Å². The van der Waals surface area contributed by atoms with Crippen molar-refractivity contribution in [2.45, 2.75) is 18.8 Å². The fourth-order valence-electron chi connectivity index (χ4n) is 4.06. The van der Waals surface area contributed by atoms with Gasteiger partial charge in [-0.05, 0) is 37.6 Å². The molecule has 0 amide bonds. The number of benzene rings is 2. The topological polar surface area (TPSA) is 49.0 Å². The molecule has 0 aliphatic carbocycles. The Morgan fingerprint density at radius 2 is 2.04 bits per heavy atom. The molecular formula is C22H21N3OS. The highest BCUT2D eigenvalue weighted by molar-refractivity contribution is 7.18. The number of Topliss-reactive ketones (excluding diaryl/α,β-unsaturated/α-hetero) is 1. The van der Waals surface area contributed by atoms with Crippen molar-refractivity contribution in [2.75, 3.05) is 19.6 Å². The Hall–Kier alpha value is -2.50. The summed E-state index contributed by atoms with van der Waals surface area (Å²) in [6, 6.07) is 16.3. The summed E-state index contributed by atoms with van der Waals surface area (Å²) >= 11 is 1.80. The number of rotatable bonds is 4. The van der Waals surface area contributed by atoms with Crippen LogP contribution < -0.4 is 0 Å². The number of fused-ring (bicyclic) bond motifs is 2. The van der Waals surface area contributed by atoms with Gasteiger partial charge in [-0.3, -0.25) is 9.69 Å². The van der Waals surface area contributed by atoms with E-state index < -0.39 is 0 Å². The van der Waals surface area contributed by atoms with Gasteiger partial charge in [-0.25, -0.2) is 4.98 Å². The lowest BCUT2D eigenvalue weighted by atomic mass is 9.98. The highest BCUT2D eigenvalue weighted by Gasteiger charge is 2.26. The molecule has 2 aromatic carbocycles. The lowest BCUT2D eigenvalue weighted by molar-refractivity contribution is 0.0908. The van der Waals surface area contributed by atoms with Gasteiger partial charge in [0.2, 0.25) is 0 Å². The second-order valence-corrected chi connectivity index (χ2v) is 8.33. The van der Waals surface area contributed by atoms with E-state index in [0.29, 0.717) is 12.5 Å². The van der Waals surface area contributed by atoms with Crippen LogP contribution in [0.4, 0.5) is 0 Å². The van der Waals surface area contributed by atoms with Crippen LogP contribution in [-0.2, 0) is 0 Å². The first-order chi connectivity index (χ1) is 13.3. The van der Waals surface area contributed by atoms with Crippen LogP contribution in [0.1, 0.15) is 34.1 Å². The molecule has 0 bridgehead atoms. The summed E-state index contributed by atoms with van der Waals surface area (Å²) in [4.78, 5) is 23.2. The fraction of sp³-hybridized carbons (Fsp3) is 0.273. The number of nitrogens with zero attached hydrogens (tertiary/aromatic N) is 2. The minimum atomic E-state index is 0.192. The highest BCUT2D eigenvalue weighted by Crippen LogP contribution is 2.33. The van der Waals surface area contributed by atoms with Gasteiger partial charge in [0.25, 0.3) is 0 Å². The monoisotopic (exact) mass is 375 g/mol. The number of piperidine rings is 1. The number of hydrogen-bond acceptors (Lipinski definition) is 4. The van der Waals surface area contributed by atoms with Crippen LogP contribution in [0.5, 0.6) is 0 Å². The SMILES string of the molecule is O=C(CN1CCC[C@H](c2nc3ccccc3s2)C1)c1c[nH]c2ccccc12. The van der Waals surface area contributed by atoms with Gasteiger partial charge in [-0.15, -0.1) is 11.3 Å². The molecular weight excluding hydrogens is 354 g/mol. The largest absolute Gasteiger partial charge is 0.360 e. The van der Waals surface area contributed by atoms with E-state index in [9.17, 15) is 4.79 Å². The lowest BCUT2D eigenvalue weighted by Crippen LogP contribution is -2.38. The summed E-state index contributed by atoms with van der Waals surface area (Å²) < 4.78 is 1.25. The van der Waals surface area contributed by atoms with Crippen LogP contribution in [0, 0.1) is 0 Å². The van der Waals surface area contributed by atoms with Gasteiger partial charge in [0.1, 0.15) is 0 Å². The Morgan fingerprint density at radius 1 is 1.19 bits per heavy atom. The quantitative estimate of drug-likeness (QED) is 0.519. The van der Waals surface area contributed by atoms with Gasteiger partial charge in [-0.2, -0.15) is 0 Å². The Morgan fingerprint density at radius 3 is 2.96 bits per heavy atom. The molecule has 0 unspecified atom stereocenters. The third-order valence-electron chi connectivity index (χ3n) is 5.42. The lowest BCUT2D eigenvalue weighted by Gasteiger charge is -2.31. The van der Waals surface area contributed by atoms with Crippen LogP contribution in [-0.4, -0.2) is 40.3 Å². The second kappa shape index (κ2) is 6.91. The van der Waals surface area contributed by atoms with Crippen molar-refractivity contribution in [1.29, 1.82) is 0 Å². The van der Waals surface area contributed by atoms with E-state index >= 15 is 0 Å². The van der Waals surface area contributed by atoms with E-state index in [4.69, 9.17) is 4.98 Å². The van der Waals surface area contributed by atoms with Crippen LogP contribution in [0.25, 0.3) is 21.1 Å². The maximum atomic E-state index is 12.9. The van der Waals surface area contributed by atoms with E-state index in [1.165, 1.54) is 9.71 Å². The number of H-pyrrole nitrogens is 1. The molecule has 2 aromatic heterocycles. The van der Waals surface area contributed by atoms with Gasteiger partial charge >= 0.3 is 0 Å². The van der Waals surface area contributed by atoms with Crippen molar-refractivity contribution in [3.8, 4) is 0 Å². The minimum Gasteiger partial charge on any atom is -0.360 e. The second-order valence-electron chi connectivity index (χ2n) is 7.27. The number of para-hydroxylation sites is 2. The predicted octanol–water partition coefficient (Wildman–Crippen LogP) is 4.84. The van der Waals surface area contributed by atoms with Gasteiger partial charge in [0.15, 0.2) is 5.78 Å². The third kappa shape index (κ3) is 3.17. The van der Waals surface area contributed by atoms with Crippen molar-refractivity contribution >= 4 is 38.2 Å². The average molecular weight is 375 g/mol. The molecule has 1 fully saturated rings. The van der Waals surface area contributed by atoms with Crippen LogP contribution >= 0.6 is 11.3 Å². The third-order valence-corrected chi connectivity index (χ3v) is 6.62. The summed E-state index contributed by atoms with van der Waals surface area (Å²) in [5.74, 6) is 0.615. The zero-order valence-corrected chi connectivity index (χ0v) is 15.8. The molecule has 1 aliphatic heterocycles. The maximum absolute atomic E-state index is 12.9. The number of aromatic nitrogens is 2. The number of ketones is 1. The molecule has 5 rings (SSSR count). The first kappa shape index (κ1) is 16.7. The Kier molecular flexibility index (Phi) is 4.26. The fourth-order valence-corrected chi connectivity index (χ4v) is 5.15. The standard InChI is InChI=1S/C22H21N3OS/c26-20(17-12-23-18-8-2-1-7-16(17)18)14-25-11-5-6-15(13-25)22-24-19-9-3-4-10-21(19)27-22/h1-4,7-10,12,15,23H,5-6,11,13-14H2/t15-/m0/s1. The smallest absolute Gasteiger partial charge is 0.178 e.